The highest BCUT2D eigenvalue weighted by Gasteiger charge is 2.11. The van der Waals surface area contributed by atoms with E-state index in [0.29, 0.717) is 5.92 Å². The lowest BCUT2D eigenvalue weighted by atomic mass is 10.00. The molecule has 1 aromatic heterocycles. The van der Waals surface area contributed by atoms with Crippen LogP contribution in [0.5, 0.6) is 0 Å². The molecule has 1 heterocycles. The Balaban J connectivity index is 2.80. The molecule has 0 fully saturated rings. The SMILES string of the molecule is CC(C)C(=Cc1ccnn1C)CNC(C)(C)C. The Kier molecular flexibility index (Phi) is 4.52. The average molecular weight is 235 g/mol. The molecule has 0 bridgehead atoms. The van der Waals surface area contributed by atoms with Crippen molar-refractivity contribution >= 4 is 6.08 Å². The van der Waals surface area contributed by atoms with E-state index >= 15 is 0 Å². The highest BCUT2D eigenvalue weighted by molar-refractivity contribution is 5.49. The predicted molar refractivity (Wildman–Crippen MR) is 73.8 cm³/mol. The predicted octanol–water partition coefficient (Wildman–Crippen LogP) is 2.85. The molecular weight excluding hydrogens is 210 g/mol. The van der Waals surface area contributed by atoms with Gasteiger partial charge in [0.1, 0.15) is 0 Å². The van der Waals surface area contributed by atoms with Crippen LogP contribution in [0.4, 0.5) is 0 Å². The first-order valence-corrected chi connectivity index (χ1v) is 6.23. The van der Waals surface area contributed by atoms with Crippen LogP contribution in [0.2, 0.25) is 0 Å². The molecule has 3 heteroatoms. The molecule has 0 radical (unpaired) electrons. The summed E-state index contributed by atoms with van der Waals surface area (Å²) in [7, 11) is 1.97. The van der Waals surface area contributed by atoms with E-state index in [1.165, 1.54) is 5.57 Å². The number of nitrogens with one attached hydrogen (secondary N) is 1. The maximum absolute atomic E-state index is 4.19. The van der Waals surface area contributed by atoms with Crippen molar-refractivity contribution in [2.45, 2.75) is 40.2 Å². The smallest absolute Gasteiger partial charge is 0.0606 e. The summed E-state index contributed by atoms with van der Waals surface area (Å²) < 4.78 is 1.90. The maximum atomic E-state index is 4.19. The van der Waals surface area contributed by atoms with Gasteiger partial charge in [-0.25, -0.2) is 0 Å². The van der Waals surface area contributed by atoms with E-state index in [-0.39, 0.29) is 5.54 Å². The molecule has 1 rings (SSSR count). The van der Waals surface area contributed by atoms with E-state index < -0.39 is 0 Å². The highest BCUT2D eigenvalue weighted by Crippen LogP contribution is 2.14. The first-order valence-electron chi connectivity index (χ1n) is 6.23. The normalized spacial score (nSPS) is 13.5. The first-order chi connectivity index (χ1) is 7.79. The summed E-state index contributed by atoms with van der Waals surface area (Å²) >= 11 is 0. The molecule has 1 aromatic rings. The summed E-state index contributed by atoms with van der Waals surface area (Å²) in [6.45, 7) is 11.9. The van der Waals surface area contributed by atoms with Gasteiger partial charge in [0.25, 0.3) is 0 Å². The Hall–Kier alpha value is -1.09. The van der Waals surface area contributed by atoms with Crippen LogP contribution in [0.15, 0.2) is 17.8 Å². The fourth-order valence-corrected chi connectivity index (χ4v) is 1.50. The minimum absolute atomic E-state index is 0.153. The van der Waals surface area contributed by atoms with Gasteiger partial charge < -0.3 is 5.32 Å². The van der Waals surface area contributed by atoms with Crippen molar-refractivity contribution in [3.05, 3.63) is 23.5 Å². The number of nitrogens with zero attached hydrogens (tertiary/aromatic N) is 2. The number of aromatic nitrogens is 2. The van der Waals surface area contributed by atoms with Gasteiger partial charge in [-0.1, -0.05) is 19.4 Å². The highest BCUT2D eigenvalue weighted by atomic mass is 15.2. The van der Waals surface area contributed by atoms with E-state index in [1.54, 1.807) is 0 Å². The van der Waals surface area contributed by atoms with Crippen molar-refractivity contribution in [2.75, 3.05) is 6.54 Å². The second kappa shape index (κ2) is 5.50. The topological polar surface area (TPSA) is 29.9 Å². The molecule has 1 N–H and O–H groups in total. The van der Waals surface area contributed by atoms with Crippen molar-refractivity contribution in [1.82, 2.24) is 15.1 Å². The van der Waals surface area contributed by atoms with Crippen molar-refractivity contribution in [2.24, 2.45) is 13.0 Å². The van der Waals surface area contributed by atoms with Crippen LogP contribution >= 0.6 is 0 Å². The molecule has 96 valence electrons. The molecular formula is C14H25N3. The van der Waals surface area contributed by atoms with Crippen molar-refractivity contribution in [3.63, 3.8) is 0 Å². The molecule has 3 nitrogen and oxygen atoms in total. The lowest BCUT2D eigenvalue weighted by Gasteiger charge is -2.23. The van der Waals surface area contributed by atoms with Gasteiger partial charge in [0, 0.05) is 25.3 Å². The van der Waals surface area contributed by atoms with Gasteiger partial charge in [0.05, 0.1) is 5.69 Å². The molecule has 0 saturated carbocycles. The van der Waals surface area contributed by atoms with Gasteiger partial charge in [0.2, 0.25) is 0 Å². The Morgan fingerprint density at radius 3 is 2.53 bits per heavy atom. The van der Waals surface area contributed by atoms with Crippen LogP contribution in [0.1, 0.15) is 40.3 Å². The molecule has 0 unspecified atom stereocenters. The molecule has 0 atom stereocenters. The average Bonchev–Trinajstić information content (AvgIpc) is 2.56. The standard InChI is InChI=1S/C14H25N3/c1-11(2)12(10-15-14(3,4)5)9-13-7-8-16-17(13)6/h7-9,11,15H,10H2,1-6H3. The number of hydrogen-bond donors (Lipinski definition) is 1. The molecule has 17 heavy (non-hydrogen) atoms. The quantitative estimate of drug-likeness (QED) is 0.869. The van der Waals surface area contributed by atoms with Crippen molar-refractivity contribution in [1.29, 1.82) is 0 Å². The summed E-state index contributed by atoms with van der Waals surface area (Å²) in [4.78, 5) is 0. The fraction of sp³-hybridized carbons (Fsp3) is 0.643. The van der Waals surface area contributed by atoms with Gasteiger partial charge in [0.15, 0.2) is 0 Å². The van der Waals surface area contributed by atoms with E-state index in [0.717, 1.165) is 12.2 Å². The van der Waals surface area contributed by atoms with E-state index in [9.17, 15) is 0 Å². The third-order valence-electron chi connectivity index (χ3n) is 2.76. The van der Waals surface area contributed by atoms with Crippen LogP contribution < -0.4 is 5.32 Å². The minimum Gasteiger partial charge on any atom is -0.308 e. The van der Waals surface area contributed by atoms with E-state index in [2.05, 4.69) is 51.1 Å². The first kappa shape index (κ1) is 14.0. The van der Waals surface area contributed by atoms with Gasteiger partial charge in [-0.3, -0.25) is 4.68 Å². The number of aryl methyl sites for hydroxylation is 1. The van der Waals surface area contributed by atoms with Crippen LogP contribution in [-0.2, 0) is 7.05 Å². The van der Waals surface area contributed by atoms with Crippen LogP contribution in [0.25, 0.3) is 6.08 Å². The lowest BCUT2D eigenvalue weighted by molar-refractivity contribution is 0.437. The summed E-state index contributed by atoms with van der Waals surface area (Å²) in [5.74, 6) is 0.541. The molecule has 0 spiro atoms. The Labute approximate surface area is 105 Å². The summed E-state index contributed by atoms with van der Waals surface area (Å²) in [6, 6.07) is 2.04. The lowest BCUT2D eigenvalue weighted by Crippen LogP contribution is -2.37. The summed E-state index contributed by atoms with van der Waals surface area (Å²) in [6.07, 6.45) is 4.07. The zero-order valence-corrected chi connectivity index (χ0v) is 11.9. The zero-order chi connectivity index (χ0) is 13.1. The third-order valence-corrected chi connectivity index (χ3v) is 2.76. The van der Waals surface area contributed by atoms with Crippen molar-refractivity contribution < 1.29 is 0 Å². The van der Waals surface area contributed by atoms with Gasteiger partial charge >= 0.3 is 0 Å². The molecule has 0 aromatic carbocycles. The van der Waals surface area contributed by atoms with Gasteiger partial charge in [-0.15, -0.1) is 0 Å². The molecule has 0 aliphatic rings. The summed E-state index contributed by atoms with van der Waals surface area (Å²) in [5, 5.41) is 7.73. The van der Waals surface area contributed by atoms with Gasteiger partial charge in [-0.05, 0) is 38.8 Å². The maximum Gasteiger partial charge on any atom is 0.0606 e. The Morgan fingerprint density at radius 2 is 2.12 bits per heavy atom. The number of hydrogen-bond acceptors (Lipinski definition) is 2. The summed E-state index contributed by atoms with van der Waals surface area (Å²) in [5.41, 5.74) is 2.72. The molecule has 0 aliphatic carbocycles. The van der Waals surface area contributed by atoms with E-state index in [1.807, 2.05) is 24.0 Å². The molecule has 0 amide bonds. The van der Waals surface area contributed by atoms with Crippen molar-refractivity contribution in [3.8, 4) is 0 Å². The van der Waals surface area contributed by atoms with Crippen LogP contribution in [-0.4, -0.2) is 21.9 Å². The minimum atomic E-state index is 0.153. The third kappa shape index (κ3) is 4.73. The molecule has 0 aliphatic heterocycles. The van der Waals surface area contributed by atoms with Crippen LogP contribution in [0.3, 0.4) is 0 Å². The van der Waals surface area contributed by atoms with E-state index in [4.69, 9.17) is 0 Å². The fourth-order valence-electron chi connectivity index (χ4n) is 1.50. The second-order valence-electron chi connectivity index (χ2n) is 5.86. The second-order valence-corrected chi connectivity index (χ2v) is 5.86. The van der Waals surface area contributed by atoms with Gasteiger partial charge in [-0.2, -0.15) is 5.10 Å². The Morgan fingerprint density at radius 1 is 1.47 bits per heavy atom. The van der Waals surface area contributed by atoms with Crippen LogP contribution in [0, 0.1) is 5.92 Å². The Bertz CT molecular complexity index is 380. The molecule has 0 saturated heterocycles. The monoisotopic (exact) mass is 235 g/mol. The number of rotatable bonds is 4. The largest absolute Gasteiger partial charge is 0.308 e. The zero-order valence-electron chi connectivity index (χ0n) is 11.9.